The summed E-state index contributed by atoms with van der Waals surface area (Å²) in [4.78, 5) is 10.5. The maximum Gasteiger partial charge on any atom is 0.354 e. The summed E-state index contributed by atoms with van der Waals surface area (Å²) in [5, 5.41) is 0. The van der Waals surface area contributed by atoms with Crippen LogP contribution in [-0.2, 0) is 23.1 Å². The van der Waals surface area contributed by atoms with Crippen molar-refractivity contribution in [3.8, 4) is 0 Å². The van der Waals surface area contributed by atoms with Gasteiger partial charge in [-0.2, -0.15) is 0 Å². The predicted octanol–water partition coefficient (Wildman–Crippen LogP) is 3.11. The molecule has 100 valence electrons. The Hall–Kier alpha value is -0.640. The minimum atomic E-state index is -3.26. The summed E-state index contributed by atoms with van der Waals surface area (Å²) in [7, 11) is -3.26. The summed E-state index contributed by atoms with van der Waals surface area (Å²) in [6, 6.07) is 0. The molecule has 0 rings (SSSR count). The van der Waals surface area contributed by atoms with Gasteiger partial charge >= 0.3 is 13.6 Å². The Labute approximate surface area is 103 Å². The lowest BCUT2D eigenvalue weighted by Crippen LogP contribution is -2.06. The Morgan fingerprint density at radius 1 is 1.18 bits per heavy atom. The zero-order chi connectivity index (χ0) is 13.5. The fourth-order valence-electron chi connectivity index (χ4n) is 1.02. The van der Waals surface area contributed by atoms with Crippen LogP contribution in [0.4, 0.5) is 0 Å². The maximum atomic E-state index is 12.2. The highest BCUT2D eigenvalue weighted by atomic mass is 31.2. The van der Waals surface area contributed by atoms with Gasteiger partial charge in [-0.3, -0.25) is 9.36 Å². The van der Waals surface area contributed by atoms with E-state index in [2.05, 4.69) is 4.74 Å². The second-order valence-corrected chi connectivity index (χ2v) is 5.83. The summed E-state index contributed by atoms with van der Waals surface area (Å²) >= 11 is 0. The number of ether oxygens (including phenoxy) is 1. The lowest BCUT2D eigenvalue weighted by molar-refractivity contribution is -0.139. The highest BCUT2D eigenvalue weighted by molar-refractivity contribution is 7.57. The molecule has 0 fully saturated rings. The van der Waals surface area contributed by atoms with Gasteiger partial charge in [0.1, 0.15) is 6.61 Å². The zero-order valence-electron chi connectivity index (χ0n) is 11.0. The minimum Gasteiger partial charge on any atom is -0.462 e. The summed E-state index contributed by atoms with van der Waals surface area (Å²) in [6.07, 6.45) is 1.04. The smallest absolute Gasteiger partial charge is 0.354 e. The van der Waals surface area contributed by atoms with Gasteiger partial charge in [0, 0.05) is 12.7 Å². The van der Waals surface area contributed by atoms with Crippen molar-refractivity contribution >= 4 is 13.6 Å². The van der Waals surface area contributed by atoms with Gasteiger partial charge in [0.05, 0.1) is 12.2 Å². The van der Waals surface area contributed by atoms with Crippen LogP contribution in [0.25, 0.3) is 0 Å². The number of carbonyl (C=O) groups is 1. The Morgan fingerprint density at radius 2 is 1.65 bits per heavy atom. The predicted molar refractivity (Wildman–Crippen MR) is 65.8 cm³/mol. The van der Waals surface area contributed by atoms with Crippen molar-refractivity contribution in [1.82, 2.24) is 0 Å². The summed E-state index contributed by atoms with van der Waals surface area (Å²) < 4.78 is 27.4. The Balaban J connectivity index is 4.47. The molecule has 6 heteroatoms. The third-order valence-corrected chi connectivity index (χ3v) is 3.39. The molecule has 17 heavy (non-hydrogen) atoms. The molecule has 0 N–H and O–H groups in total. The van der Waals surface area contributed by atoms with Gasteiger partial charge in [-0.05, 0) is 33.8 Å². The van der Waals surface area contributed by atoms with E-state index >= 15 is 0 Å². The zero-order valence-corrected chi connectivity index (χ0v) is 11.9. The molecule has 0 atom stereocenters. The molecule has 5 nitrogen and oxygen atoms in total. The third kappa shape index (κ3) is 9.10. The molecule has 0 aliphatic heterocycles. The van der Waals surface area contributed by atoms with Crippen molar-refractivity contribution in [2.45, 2.75) is 46.8 Å². The van der Waals surface area contributed by atoms with Gasteiger partial charge in [-0.1, -0.05) is 0 Å². The highest BCUT2D eigenvalue weighted by Gasteiger charge is 2.23. The molecule has 0 saturated heterocycles. The van der Waals surface area contributed by atoms with Gasteiger partial charge in [0.15, 0.2) is 0 Å². The first-order valence-electron chi connectivity index (χ1n) is 5.53. The average Bonchev–Trinajstić information content (AvgIpc) is 2.09. The van der Waals surface area contributed by atoms with E-state index in [0.717, 1.165) is 0 Å². The van der Waals surface area contributed by atoms with E-state index in [9.17, 15) is 9.36 Å². The van der Waals surface area contributed by atoms with Crippen LogP contribution in [0.5, 0.6) is 0 Å². The Morgan fingerprint density at radius 3 is 2.00 bits per heavy atom. The number of carbonyl (C=O) groups excluding carboxylic acids is 1. The molecule has 0 radical (unpaired) electrons. The number of esters is 1. The van der Waals surface area contributed by atoms with Gasteiger partial charge < -0.3 is 13.8 Å². The topological polar surface area (TPSA) is 61.8 Å². The van der Waals surface area contributed by atoms with Crippen LogP contribution < -0.4 is 0 Å². The SMILES string of the molecule is CC(=O)OC/C=C/P(=O)(OC(C)C)OC(C)C. The van der Waals surface area contributed by atoms with Gasteiger partial charge in [-0.25, -0.2) is 0 Å². The van der Waals surface area contributed by atoms with E-state index in [-0.39, 0.29) is 24.8 Å². The van der Waals surface area contributed by atoms with Crippen LogP contribution >= 0.6 is 7.60 Å². The lowest BCUT2D eigenvalue weighted by atomic mass is 10.5. The van der Waals surface area contributed by atoms with Crippen LogP contribution in [0.3, 0.4) is 0 Å². The van der Waals surface area contributed by atoms with Crippen LogP contribution in [0.1, 0.15) is 34.6 Å². The van der Waals surface area contributed by atoms with E-state index in [1.54, 1.807) is 27.7 Å². The van der Waals surface area contributed by atoms with Crippen molar-refractivity contribution in [3.05, 3.63) is 11.9 Å². The van der Waals surface area contributed by atoms with E-state index in [4.69, 9.17) is 9.05 Å². The molecule has 0 saturated carbocycles. The van der Waals surface area contributed by atoms with Gasteiger partial charge in [0.2, 0.25) is 0 Å². The molecule has 0 unspecified atom stereocenters. The fraction of sp³-hybridized carbons (Fsp3) is 0.727. The Bertz CT molecular complexity index is 295. The first-order valence-corrected chi connectivity index (χ1v) is 7.14. The van der Waals surface area contributed by atoms with Crippen LogP contribution in [0.2, 0.25) is 0 Å². The molecule has 0 aromatic carbocycles. The standard InChI is InChI=1S/C11H21O5P/c1-9(2)15-17(13,16-10(3)4)8-6-7-14-11(5)12/h6,8-10H,7H2,1-5H3/b8-6+. The van der Waals surface area contributed by atoms with Gasteiger partial charge in [0.25, 0.3) is 0 Å². The molecule has 0 aromatic heterocycles. The average molecular weight is 264 g/mol. The molecular formula is C11H21O5P. The Kier molecular flexibility index (Phi) is 7.35. The molecule has 0 aromatic rings. The monoisotopic (exact) mass is 264 g/mol. The molecule has 0 bridgehead atoms. The van der Waals surface area contributed by atoms with Crippen molar-refractivity contribution < 1.29 is 23.1 Å². The summed E-state index contributed by atoms with van der Waals surface area (Å²) in [5.74, 6) is 0.940. The van der Waals surface area contributed by atoms with E-state index < -0.39 is 7.60 Å². The van der Waals surface area contributed by atoms with Crippen molar-refractivity contribution in [1.29, 1.82) is 0 Å². The summed E-state index contributed by atoms with van der Waals surface area (Å²) in [6.45, 7) is 8.46. The summed E-state index contributed by atoms with van der Waals surface area (Å²) in [5.41, 5.74) is 0. The molecule has 0 aliphatic rings. The van der Waals surface area contributed by atoms with E-state index in [0.29, 0.717) is 0 Å². The molecule has 0 amide bonds. The normalized spacial score (nSPS) is 12.6. The molecule has 0 spiro atoms. The molecule has 0 aliphatic carbocycles. The van der Waals surface area contributed by atoms with E-state index in [1.165, 1.54) is 18.8 Å². The quantitative estimate of drug-likeness (QED) is 0.522. The second kappa shape index (κ2) is 7.64. The van der Waals surface area contributed by atoms with Crippen molar-refractivity contribution in [2.75, 3.05) is 6.61 Å². The largest absolute Gasteiger partial charge is 0.462 e. The van der Waals surface area contributed by atoms with E-state index in [1.807, 2.05) is 0 Å². The van der Waals surface area contributed by atoms with Crippen LogP contribution in [0, 0.1) is 0 Å². The van der Waals surface area contributed by atoms with Crippen LogP contribution in [0.15, 0.2) is 11.9 Å². The van der Waals surface area contributed by atoms with Crippen LogP contribution in [-0.4, -0.2) is 24.8 Å². The minimum absolute atomic E-state index is 0.0578. The van der Waals surface area contributed by atoms with Gasteiger partial charge in [-0.15, -0.1) is 0 Å². The van der Waals surface area contributed by atoms with Crippen molar-refractivity contribution in [3.63, 3.8) is 0 Å². The van der Waals surface area contributed by atoms with Crippen molar-refractivity contribution in [2.24, 2.45) is 0 Å². The number of hydrogen-bond acceptors (Lipinski definition) is 5. The first kappa shape index (κ1) is 16.4. The second-order valence-electron chi connectivity index (χ2n) is 4.04. The fourth-order valence-corrected chi connectivity index (χ4v) is 2.73. The maximum absolute atomic E-state index is 12.2. The first-order chi connectivity index (χ1) is 7.75. The molecule has 0 heterocycles. The molecular weight excluding hydrogens is 243 g/mol. The number of hydrogen-bond donors (Lipinski definition) is 0. The highest BCUT2D eigenvalue weighted by Crippen LogP contribution is 2.51. The lowest BCUT2D eigenvalue weighted by Gasteiger charge is -2.19. The number of rotatable bonds is 7. The third-order valence-electron chi connectivity index (χ3n) is 1.39.